The molecule has 4 nitrogen and oxygen atoms in total. The van der Waals surface area contributed by atoms with Gasteiger partial charge in [-0.1, -0.05) is 27.7 Å². The van der Waals surface area contributed by atoms with E-state index in [2.05, 4.69) is 56.9 Å². The van der Waals surface area contributed by atoms with Crippen molar-refractivity contribution < 1.29 is 0 Å². The minimum atomic E-state index is 0.535. The van der Waals surface area contributed by atoms with Gasteiger partial charge in [-0.2, -0.15) is 0 Å². The monoisotopic (exact) mass is 278 g/mol. The van der Waals surface area contributed by atoms with Crippen molar-refractivity contribution in [2.24, 2.45) is 0 Å². The summed E-state index contributed by atoms with van der Waals surface area (Å²) in [4.78, 5) is 11.7. The molecular weight excluding hydrogens is 248 g/mol. The zero-order valence-electron chi connectivity index (χ0n) is 14.0. The average Bonchev–Trinajstić information content (AvgIpc) is 2.47. The highest BCUT2D eigenvalue weighted by Gasteiger charge is 2.18. The van der Waals surface area contributed by atoms with E-state index in [1.807, 2.05) is 0 Å². The van der Waals surface area contributed by atoms with Gasteiger partial charge < -0.3 is 10.2 Å². The zero-order valence-corrected chi connectivity index (χ0v) is 14.0. The molecule has 0 aliphatic carbocycles. The lowest BCUT2D eigenvalue weighted by Crippen LogP contribution is -2.32. The Morgan fingerprint density at radius 3 is 2.25 bits per heavy atom. The van der Waals surface area contributed by atoms with Crippen LogP contribution in [0.3, 0.4) is 0 Å². The molecule has 0 saturated heterocycles. The van der Waals surface area contributed by atoms with E-state index in [4.69, 9.17) is 4.98 Å². The predicted octanol–water partition coefficient (Wildman–Crippen LogP) is 3.79. The summed E-state index contributed by atoms with van der Waals surface area (Å²) in [5.41, 5.74) is 1.16. The maximum atomic E-state index is 4.75. The minimum Gasteiger partial charge on any atom is -0.370 e. The van der Waals surface area contributed by atoms with Gasteiger partial charge in [-0.05, 0) is 26.2 Å². The van der Waals surface area contributed by atoms with Gasteiger partial charge in [0, 0.05) is 31.6 Å². The molecule has 1 aromatic rings. The van der Waals surface area contributed by atoms with E-state index in [0.717, 1.165) is 55.3 Å². The van der Waals surface area contributed by atoms with Gasteiger partial charge >= 0.3 is 0 Å². The highest BCUT2D eigenvalue weighted by atomic mass is 15.2. The molecule has 0 radical (unpaired) electrons. The van der Waals surface area contributed by atoms with Crippen LogP contribution < -0.4 is 10.2 Å². The number of aromatic nitrogens is 2. The number of hydrogen-bond acceptors (Lipinski definition) is 4. The molecule has 1 heterocycles. The van der Waals surface area contributed by atoms with Crippen LogP contribution in [0.15, 0.2) is 0 Å². The molecule has 0 aromatic carbocycles. The van der Waals surface area contributed by atoms with E-state index in [0.29, 0.717) is 6.04 Å². The smallest absolute Gasteiger partial charge is 0.137 e. The summed E-state index contributed by atoms with van der Waals surface area (Å²) < 4.78 is 0. The van der Waals surface area contributed by atoms with Crippen LogP contribution in [0.1, 0.15) is 58.3 Å². The van der Waals surface area contributed by atoms with Crippen molar-refractivity contribution >= 4 is 11.6 Å². The Balaban J connectivity index is 3.16. The third-order valence-electron chi connectivity index (χ3n) is 3.85. The molecular formula is C16H30N4. The fraction of sp³-hybridized carbons (Fsp3) is 0.750. The number of nitrogens with one attached hydrogen (secondary N) is 1. The molecule has 0 aliphatic rings. The molecule has 0 unspecified atom stereocenters. The van der Waals surface area contributed by atoms with Gasteiger partial charge in [0.05, 0.1) is 0 Å². The Morgan fingerprint density at radius 1 is 1.10 bits per heavy atom. The standard InChI is InChI=1S/C16H30N4/c1-7-11-17-15-12(5)16(19-14(10-4)18-15)20(6)13(8-2)9-3/h13H,7-11H2,1-6H3,(H,17,18,19). The van der Waals surface area contributed by atoms with Crippen LogP contribution in [0.4, 0.5) is 11.6 Å². The van der Waals surface area contributed by atoms with Crippen LogP contribution in [0, 0.1) is 6.92 Å². The van der Waals surface area contributed by atoms with Crippen LogP contribution in [0.25, 0.3) is 0 Å². The lowest BCUT2D eigenvalue weighted by atomic mass is 10.1. The van der Waals surface area contributed by atoms with E-state index in [-0.39, 0.29) is 0 Å². The Hall–Kier alpha value is -1.32. The normalized spacial score (nSPS) is 10.9. The number of rotatable bonds is 8. The van der Waals surface area contributed by atoms with E-state index >= 15 is 0 Å². The summed E-state index contributed by atoms with van der Waals surface area (Å²) in [5, 5.41) is 3.43. The Labute approximate surface area is 124 Å². The molecule has 1 aromatic heterocycles. The van der Waals surface area contributed by atoms with Crippen molar-refractivity contribution in [1.29, 1.82) is 0 Å². The fourth-order valence-electron chi connectivity index (χ4n) is 2.48. The van der Waals surface area contributed by atoms with Crippen LogP contribution in [0.5, 0.6) is 0 Å². The van der Waals surface area contributed by atoms with Gasteiger partial charge in [0.25, 0.3) is 0 Å². The molecule has 0 bridgehead atoms. The molecule has 4 heteroatoms. The predicted molar refractivity (Wildman–Crippen MR) is 87.7 cm³/mol. The summed E-state index contributed by atoms with van der Waals surface area (Å²) in [6.45, 7) is 11.8. The third kappa shape index (κ3) is 3.84. The summed E-state index contributed by atoms with van der Waals surface area (Å²) in [6, 6.07) is 0.535. The van der Waals surface area contributed by atoms with E-state index in [1.54, 1.807) is 0 Å². The van der Waals surface area contributed by atoms with Gasteiger partial charge in [-0.15, -0.1) is 0 Å². The quantitative estimate of drug-likeness (QED) is 0.785. The molecule has 0 fully saturated rings. The second-order valence-corrected chi connectivity index (χ2v) is 5.30. The highest BCUT2D eigenvalue weighted by Crippen LogP contribution is 2.25. The van der Waals surface area contributed by atoms with E-state index < -0.39 is 0 Å². The van der Waals surface area contributed by atoms with Gasteiger partial charge in [0.15, 0.2) is 0 Å². The van der Waals surface area contributed by atoms with Crippen molar-refractivity contribution in [3.63, 3.8) is 0 Å². The van der Waals surface area contributed by atoms with Crippen LogP contribution >= 0.6 is 0 Å². The van der Waals surface area contributed by atoms with Crippen molar-refractivity contribution in [3.05, 3.63) is 11.4 Å². The first-order valence-corrected chi connectivity index (χ1v) is 7.93. The molecule has 1 rings (SSSR count). The minimum absolute atomic E-state index is 0.535. The number of hydrogen-bond donors (Lipinski definition) is 1. The largest absolute Gasteiger partial charge is 0.370 e. The molecule has 1 N–H and O–H groups in total. The van der Waals surface area contributed by atoms with Gasteiger partial charge in [-0.25, -0.2) is 9.97 Å². The van der Waals surface area contributed by atoms with Crippen molar-refractivity contribution in [1.82, 2.24) is 9.97 Å². The van der Waals surface area contributed by atoms with E-state index in [1.165, 1.54) is 0 Å². The second kappa shape index (κ2) is 8.08. The van der Waals surface area contributed by atoms with Crippen LogP contribution in [-0.4, -0.2) is 29.6 Å². The second-order valence-electron chi connectivity index (χ2n) is 5.30. The first kappa shape index (κ1) is 16.7. The Morgan fingerprint density at radius 2 is 1.75 bits per heavy atom. The highest BCUT2D eigenvalue weighted by molar-refractivity contribution is 5.58. The Kier molecular flexibility index (Phi) is 6.76. The maximum Gasteiger partial charge on any atom is 0.137 e. The summed E-state index contributed by atoms with van der Waals surface area (Å²) in [7, 11) is 2.15. The molecule has 0 aliphatic heterocycles. The lowest BCUT2D eigenvalue weighted by molar-refractivity contribution is 0.584. The Bertz CT molecular complexity index is 413. The topological polar surface area (TPSA) is 41.1 Å². The van der Waals surface area contributed by atoms with Crippen LogP contribution in [0.2, 0.25) is 0 Å². The van der Waals surface area contributed by atoms with E-state index in [9.17, 15) is 0 Å². The molecule has 0 atom stereocenters. The maximum absolute atomic E-state index is 4.75. The third-order valence-corrected chi connectivity index (χ3v) is 3.85. The number of anilines is 2. The molecule has 0 amide bonds. The van der Waals surface area contributed by atoms with Gasteiger partial charge in [-0.3, -0.25) is 0 Å². The average molecular weight is 278 g/mol. The SMILES string of the molecule is CCCNc1nc(CC)nc(N(C)C(CC)CC)c1C. The van der Waals surface area contributed by atoms with Crippen molar-refractivity contribution in [2.45, 2.75) is 66.3 Å². The number of nitrogens with zero attached hydrogens (tertiary/aromatic N) is 3. The fourth-order valence-corrected chi connectivity index (χ4v) is 2.48. The molecule has 0 spiro atoms. The summed E-state index contributed by atoms with van der Waals surface area (Å²) in [5.74, 6) is 2.98. The first-order valence-electron chi connectivity index (χ1n) is 7.93. The van der Waals surface area contributed by atoms with Gasteiger partial charge in [0.2, 0.25) is 0 Å². The summed E-state index contributed by atoms with van der Waals surface area (Å²) in [6.07, 6.45) is 4.23. The first-order chi connectivity index (χ1) is 9.58. The van der Waals surface area contributed by atoms with Crippen molar-refractivity contribution in [3.8, 4) is 0 Å². The lowest BCUT2D eigenvalue weighted by Gasteiger charge is -2.29. The number of aryl methyl sites for hydroxylation is 1. The molecule has 0 saturated carbocycles. The zero-order chi connectivity index (χ0) is 15.1. The molecule has 114 valence electrons. The molecule has 20 heavy (non-hydrogen) atoms. The van der Waals surface area contributed by atoms with Gasteiger partial charge in [0.1, 0.15) is 17.5 Å². The van der Waals surface area contributed by atoms with Crippen LogP contribution in [-0.2, 0) is 6.42 Å². The van der Waals surface area contributed by atoms with Crippen molar-refractivity contribution in [2.75, 3.05) is 23.8 Å². The summed E-state index contributed by atoms with van der Waals surface area (Å²) >= 11 is 0.